The van der Waals surface area contributed by atoms with E-state index in [0.717, 1.165) is 23.4 Å². The molecule has 0 radical (unpaired) electrons. The fourth-order valence-electron chi connectivity index (χ4n) is 4.52. The van der Waals surface area contributed by atoms with Gasteiger partial charge in [0.15, 0.2) is 0 Å². The van der Waals surface area contributed by atoms with Gasteiger partial charge in [0.05, 0.1) is 16.8 Å². The number of hydrogen-bond donors (Lipinski definition) is 1. The fourth-order valence-corrected chi connectivity index (χ4v) is 5.76. The van der Waals surface area contributed by atoms with Gasteiger partial charge in [0, 0.05) is 11.4 Å². The maximum absolute atomic E-state index is 13.7. The van der Waals surface area contributed by atoms with Crippen LogP contribution >= 0.6 is 11.8 Å². The Kier molecular flexibility index (Phi) is 4.60. The summed E-state index contributed by atoms with van der Waals surface area (Å²) in [6.45, 7) is 3.79. The molecule has 8 heteroatoms. The maximum Gasteiger partial charge on any atom is 0.416 e. The van der Waals surface area contributed by atoms with Crippen molar-refractivity contribution >= 4 is 23.4 Å². The third kappa shape index (κ3) is 3.17. The van der Waals surface area contributed by atoms with Crippen molar-refractivity contribution in [3.63, 3.8) is 0 Å². The number of benzene rings is 2. The van der Waals surface area contributed by atoms with Crippen LogP contribution in [0.4, 0.5) is 23.2 Å². The van der Waals surface area contributed by atoms with Crippen molar-refractivity contribution in [2.75, 3.05) is 11.4 Å². The van der Waals surface area contributed by atoms with Crippen LogP contribution in [0.2, 0.25) is 0 Å². The van der Waals surface area contributed by atoms with Crippen molar-refractivity contribution in [2.24, 2.45) is 0 Å². The van der Waals surface area contributed by atoms with E-state index in [-0.39, 0.29) is 17.8 Å². The molecule has 2 heterocycles. The van der Waals surface area contributed by atoms with Crippen LogP contribution in [0.3, 0.4) is 0 Å². The number of halogens is 4. The number of carboxylic acid groups (broad SMARTS) is 1. The van der Waals surface area contributed by atoms with E-state index in [4.69, 9.17) is 0 Å². The van der Waals surface area contributed by atoms with Gasteiger partial charge < -0.3 is 10.0 Å². The highest BCUT2D eigenvalue weighted by atomic mass is 32.2. The zero-order valence-electron chi connectivity index (χ0n) is 15.8. The molecule has 4 rings (SSSR count). The molecule has 0 amide bonds. The number of fused-ring (bicyclic) bond motifs is 3. The lowest BCUT2D eigenvalue weighted by atomic mass is 9.72. The summed E-state index contributed by atoms with van der Waals surface area (Å²) in [5.74, 6) is -1.44. The first-order valence-electron chi connectivity index (χ1n) is 9.18. The molecule has 2 aromatic rings. The largest absolute Gasteiger partial charge is 0.480 e. The first-order chi connectivity index (χ1) is 13.5. The Labute approximate surface area is 169 Å². The van der Waals surface area contributed by atoms with Crippen molar-refractivity contribution in [1.82, 2.24) is 0 Å². The predicted molar refractivity (Wildman–Crippen MR) is 103 cm³/mol. The Bertz CT molecular complexity index is 1010. The normalized spacial score (nSPS) is 23.7. The summed E-state index contributed by atoms with van der Waals surface area (Å²) in [4.78, 5) is 14.2. The third-order valence-electron chi connectivity index (χ3n) is 5.93. The average molecular weight is 425 g/mol. The number of nitrogens with zero attached hydrogens (tertiary/aromatic N) is 1. The molecule has 2 aliphatic heterocycles. The summed E-state index contributed by atoms with van der Waals surface area (Å²) in [5.41, 5.74) is 0.810. The SMILES string of the molecule is Cc1cc2c(cc1C(F)(F)F)SC(C(=O)O)CC1(c3ccc(F)cc3C)CCN21. The molecular formula is C21H19F4NO2S. The Morgan fingerprint density at radius 1 is 1.21 bits per heavy atom. The number of carbonyl (C=O) groups is 1. The van der Waals surface area contributed by atoms with E-state index in [1.54, 1.807) is 13.0 Å². The Morgan fingerprint density at radius 3 is 2.48 bits per heavy atom. The smallest absolute Gasteiger partial charge is 0.416 e. The fraction of sp³-hybridized carbons (Fsp3) is 0.381. The topological polar surface area (TPSA) is 40.5 Å². The molecular weight excluding hydrogens is 406 g/mol. The molecule has 0 aromatic heterocycles. The summed E-state index contributed by atoms with van der Waals surface area (Å²) in [5, 5.41) is 8.84. The summed E-state index contributed by atoms with van der Waals surface area (Å²) in [7, 11) is 0. The zero-order valence-corrected chi connectivity index (χ0v) is 16.6. The molecule has 3 nitrogen and oxygen atoms in total. The number of thioether (sulfide) groups is 1. The van der Waals surface area contributed by atoms with Crippen molar-refractivity contribution in [1.29, 1.82) is 0 Å². The molecule has 0 spiro atoms. The van der Waals surface area contributed by atoms with E-state index in [1.807, 2.05) is 4.90 Å². The number of alkyl halides is 3. The monoisotopic (exact) mass is 425 g/mol. The summed E-state index contributed by atoms with van der Waals surface area (Å²) in [6, 6.07) is 7.00. The van der Waals surface area contributed by atoms with E-state index in [1.165, 1.54) is 25.1 Å². The van der Waals surface area contributed by atoms with Gasteiger partial charge in [-0.05, 0) is 67.6 Å². The molecule has 1 N–H and O–H groups in total. The van der Waals surface area contributed by atoms with E-state index in [2.05, 4.69) is 0 Å². The summed E-state index contributed by atoms with van der Waals surface area (Å²) in [6.07, 6.45) is -3.62. The quantitative estimate of drug-likeness (QED) is 0.644. The number of aryl methyl sites for hydroxylation is 2. The average Bonchev–Trinajstić information content (AvgIpc) is 2.67. The highest BCUT2D eigenvalue weighted by Crippen LogP contribution is 2.56. The van der Waals surface area contributed by atoms with Crippen LogP contribution in [0.15, 0.2) is 35.2 Å². The van der Waals surface area contributed by atoms with Gasteiger partial charge in [0.2, 0.25) is 0 Å². The second-order valence-corrected chi connectivity index (χ2v) is 8.92. The molecule has 2 atom stereocenters. The zero-order chi connectivity index (χ0) is 21.1. The van der Waals surface area contributed by atoms with Crippen molar-refractivity contribution in [3.05, 3.63) is 58.4 Å². The minimum absolute atomic E-state index is 0.0993. The highest BCUT2D eigenvalue weighted by molar-refractivity contribution is 8.00. The Balaban J connectivity index is 1.91. The van der Waals surface area contributed by atoms with Crippen LogP contribution in [0.1, 0.15) is 35.1 Å². The molecule has 0 bridgehead atoms. The number of anilines is 1. The molecule has 2 aliphatic rings. The molecule has 29 heavy (non-hydrogen) atoms. The van der Waals surface area contributed by atoms with Crippen molar-refractivity contribution in [2.45, 2.75) is 48.5 Å². The highest BCUT2D eigenvalue weighted by Gasteiger charge is 2.52. The second-order valence-electron chi connectivity index (χ2n) is 7.67. The Hall–Kier alpha value is -2.22. The van der Waals surface area contributed by atoms with Crippen LogP contribution in [0.25, 0.3) is 0 Å². The van der Waals surface area contributed by atoms with Crippen LogP contribution < -0.4 is 4.90 Å². The van der Waals surface area contributed by atoms with Gasteiger partial charge in [-0.25, -0.2) is 4.39 Å². The molecule has 2 unspecified atom stereocenters. The summed E-state index contributed by atoms with van der Waals surface area (Å²) < 4.78 is 53.9. The van der Waals surface area contributed by atoms with Crippen molar-refractivity contribution in [3.8, 4) is 0 Å². The van der Waals surface area contributed by atoms with Gasteiger partial charge in [-0.3, -0.25) is 4.79 Å². The lowest BCUT2D eigenvalue weighted by Crippen LogP contribution is -2.59. The van der Waals surface area contributed by atoms with E-state index < -0.39 is 28.5 Å². The van der Waals surface area contributed by atoms with Gasteiger partial charge in [-0.1, -0.05) is 6.07 Å². The van der Waals surface area contributed by atoms with Gasteiger partial charge in [-0.2, -0.15) is 13.2 Å². The van der Waals surface area contributed by atoms with Crippen molar-refractivity contribution < 1.29 is 27.5 Å². The molecule has 1 saturated heterocycles. The lowest BCUT2D eigenvalue weighted by Gasteiger charge is -2.55. The number of aliphatic carboxylic acids is 1. The number of rotatable bonds is 2. The lowest BCUT2D eigenvalue weighted by molar-refractivity contribution is -0.138. The predicted octanol–water partition coefficient (Wildman–Crippen LogP) is 5.52. The van der Waals surface area contributed by atoms with Crippen LogP contribution in [-0.4, -0.2) is 22.9 Å². The van der Waals surface area contributed by atoms with E-state index in [0.29, 0.717) is 29.1 Å². The van der Waals surface area contributed by atoms with Crippen LogP contribution in [0, 0.1) is 19.7 Å². The number of hydrogen-bond acceptors (Lipinski definition) is 3. The maximum atomic E-state index is 13.7. The minimum Gasteiger partial charge on any atom is -0.480 e. The van der Waals surface area contributed by atoms with Gasteiger partial charge in [0.25, 0.3) is 0 Å². The van der Waals surface area contributed by atoms with Gasteiger partial charge >= 0.3 is 12.1 Å². The van der Waals surface area contributed by atoms with Crippen LogP contribution in [0.5, 0.6) is 0 Å². The summed E-state index contributed by atoms with van der Waals surface area (Å²) >= 11 is 0.959. The Morgan fingerprint density at radius 2 is 1.93 bits per heavy atom. The van der Waals surface area contributed by atoms with E-state index >= 15 is 0 Å². The molecule has 2 aromatic carbocycles. The minimum atomic E-state index is -4.51. The first-order valence-corrected chi connectivity index (χ1v) is 10.1. The molecule has 154 valence electrons. The molecule has 0 aliphatic carbocycles. The molecule has 0 saturated carbocycles. The number of carboxylic acids is 1. The van der Waals surface area contributed by atoms with Gasteiger partial charge in [0.1, 0.15) is 11.1 Å². The van der Waals surface area contributed by atoms with Crippen LogP contribution in [-0.2, 0) is 16.5 Å². The molecule has 1 fully saturated rings. The third-order valence-corrected chi connectivity index (χ3v) is 7.16. The first kappa shape index (κ1) is 20.1. The standard InChI is InChI=1S/C21H19F4NO2S/c1-11-7-13(22)3-4-14(11)20-5-6-26(20)16-8-12(2)15(21(23,24)25)9-17(16)29-18(10-20)19(27)28/h3-4,7-9,18H,5-6,10H2,1-2H3,(H,27,28). The van der Waals surface area contributed by atoms with Gasteiger partial charge in [-0.15, -0.1) is 11.8 Å². The van der Waals surface area contributed by atoms with E-state index in [9.17, 15) is 27.5 Å². The second kappa shape index (κ2) is 6.65.